The van der Waals surface area contributed by atoms with Crippen LogP contribution in [0.3, 0.4) is 0 Å². The third kappa shape index (κ3) is 4.91. The molecular formula is C20H24N6O. The van der Waals surface area contributed by atoms with Gasteiger partial charge in [0.05, 0.1) is 0 Å². The smallest absolute Gasteiger partial charge is 0.248 e. The number of amides is 1. The highest BCUT2D eigenvalue weighted by Crippen LogP contribution is 2.13. The van der Waals surface area contributed by atoms with Crippen molar-refractivity contribution >= 4 is 17.7 Å². The second-order valence-electron chi connectivity index (χ2n) is 6.64. The molecular weight excluding hydrogens is 340 g/mol. The molecule has 0 saturated carbocycles. The van der Waals surface area contributed by atoms with Gasteiger partial charge in [-0.15, -0.1) is 0 Å². The Morgan fingerprint density at radius 1 is 1.07 bits per heavy atom. The van der Waals surface area contributed by atoms with E-state index in [9.17, 15) is 4.79 Å². The number of nitrogens with zero attached hydrogens (tertiary/aromatic N) is 4. The maximum absolute atomic E-state index is 12.9. The molecule has 3 rings (SSSR count). The third-order valence-corrected chi connectivity index (χ3v) is 4.25. The summed E-state index contributed by atoms with van der Waals surface area (Å²) in [4.78, 5) is 21.7. The number of hydrogen-bond acceptors (Lipinski definition) is 5. The average Bonchev–Trinajstić information content (AvgIpc) is 2.91. The maximum Gasteiger partial charge on any atom is 0.248 e. The van der Waals surface area contributed by atoms with Crippen LogP contribution >= 0.6 is 0 Å². The van der Waals surface area contributed by atoms with Crippen molar-refractivity contribution < 1.29 is 4.79 Å². The van der Waals surface area contributed by atoms with E-state index in [0.29, 0.717) is 18.2 Å². The minimum Gasteiger partial charge on any atom is -0.342 e. The van der Waals surface area contributed by atoms with Crippen LogP contribution < -0.4 is 10.6 Å². The summed E-state index contributed by atoms with van der Waals surface area (Å²) in [5, 5.41) is 10.4. The predicted molar refractivity (Wildman–Crippen MR) is 106 cm³/mol. The van der Waals surface area contributed by atoms with Gasteiger partial charge in [0.2, 0.25) is 11.9 Å². The van der Waals surface area contributed by atoms with Crippen molar-refractivity contribution in [3.05, 3.63) is 65.1 Å². The van der Waals surface area contributed by atoms with Gasteiger partial charge in [0.1, 0.15) is 6.04 Å². The Bertz CT molecular complexity index is 895. The van der Waals surface area contributed by atoms with E-state index < -0.39 is 6.04 Å². The highest BCUT2D eigenvalue weighted by Gasteiger charge is 2.21. The molecule has 0 fully saturated rings. The monoisotopic (exact) mass is 364 g/mol. The summed E-state index contributed by atoms with van der Waals surface area (Å²) in [7, 11) is 1.84. The largest absolute Gasteiger partial charge is 0.342 e. The summed E-state index contributed by atoms with van der Waals surface area (Å²) in [6.07, 6.45) is 0.509. The third-order valence-electron chi connectivity index (χ3n) is 4.25. The van der Waals surface area contributed by atoms with E-state index in [2.05, 4.69) is 25.7 Å². The van der Waals surface area contributed by atoms with Gasteiger partial charge in [-0.3, -0.25) is 9.48 Å². The van der Waals surface area contributed by atoms with Crippen molar-refractivity contribution in [3.63, 3.8) is 0 Å². The van der Waals surface area contributed by atoms with E-state index in [1.165, 1.54) is 0 Å². The van der Waals surface area contributed by atoms with Crippen LogP contribution in [0.4, 0.5) is 11.8 Å². The molecule has 2 aromatic heterocycles. The Morgan fingerprint density at radius 3 is 2.33 bits per heavy atom. The average molecular weight is 364 g/mol. The molecule has 1 amide bonds. The van der Waals surface area contributed by atoms with Crippen molar-refractivity contribution in [1.29, 1.82) is 0 Å². The molecule has 0 aliphatic heterocycles. The van der Waals surface area contributed by atoms with E-state index in [4.69, 9.17) is 0 Å². The molecule has 1 aromatic carbocycles. The molecule has 1 unspecified atom stereocenters. The van der Waals surface area contributed by atoms with Gasteiger partial charge in [-0.2, -0.15) is 5.10 Å². The van der Waals surface area contributed by atoms with E-state index in [1.54, 1.807) is 4.68 Å². The Balaban J connectivity index is 1.82. The summed E-state index contributed by atoms with van der Waals surface area (Å²) in [6.45, 7) is 5.75. The first-order valence-corrected chi connectivity index (χ1v) is 8.85. The van der Waals surface area contributed by atoms with Crippen LogP contribution in [0.5, 0.6) is 0 Å². The van der Waals surface area contributed by atoms with E-state index in [1.807, 2.05) is 70.3 Å². The lowest BCUT2D eigenvalue weighted by atomic mass is 10.1. The van der Waals surface area contributed by atoms with Gasteiger partial charge in [-0.25, -0.2) is 9.97 Å². The summed E-state index contributed by atoms with van der Waals surface area (Å²) in [6, 6.07) is 13.1. The van der Waals surface area contributed by atoms with E-state index in [0.717, 1.165) is 22.6 Å². The first-order chi connectivity index (χ1) is 12.9. The molecule has 3 aromatic rings. The summed E-state index contributed by atoms with van der Waals surface area (Å²) in [5.41, 5.74) is 3.72. The molecule has 0 bridgehead atoms. The Labute approximate surface area is 158 Å². The van der Waals surface area contributed by atoms with Crippen molar-refractivity contribution in [2.75, 3.05) is 10.6 Å². The van der Waals surface area contributed by atoms with E-state index >= 15 is 0 Å². The molecule has 0 saturated heterocycles. The quantitative estimate of drug-likeness (QED) is 0.703. The zero-order chi connectivity index (χ0) is 19.4. The summed E-state index contributed by atoms with van der Waals surface area (Å²) in [5.74, 6) is 0.793. The number of hydrogen-bond donors (Lipinski definition) is 2. The normalized spacial score (nSPS) is 11.9. The fourth-order valence-electron chi connectivity index (χ4n) is 2.84. The standard InChI is InChI=1S/C20H24N6O/c1-13-10-14(2)22-20(21-13)23-17(12-16-8-6-5-7-9-16)19(27)24-18-11-15(3)26(4)25-18/h5-11,17H,12H2,1-4H3,(H,21,22,23)(H,24,25,27). The highest BCUT2D eigenvalue weighted by atomic mass is 16.2. The number of rotatable bonds is 6. The van der Waals surface area contributed by atoms with Gasteiger partial charge in [0.25, 0.3) is 0 Å². The van der Waals surface area contributed by atoms with E-state index in [-0.39, 0.29) is 5.91 Å². The molecule has 0 aliphatic rings. The molecule has 27 heavy (non-hydrogen) atoms. The molecule has 7 heteroatoms. The van der Waals surface area contributed by atoms with Crippen LogP contribution in [0.15, 0.2) is 42.5 Å². The fraction of sp³-hybridized carbons (Fsp3) is 0.300. The lowest BCUT2D eigenvalue weighted by Gasteiger charge is -2.18. The zero-order valence-electron chi connectivity index (χ0n) is 16.0. The zero-order valence-corrected chi connectivity index (χ0v) is 16.0. The summed E-state index contributed by atoms with van der Waals surface area (Å²) < 4.78 is 1.72. The summed E-state index contributed by atoms with van der Waals surface area (Å²) >= 11 is 0. The number of carbonyl (C=O) groups excluding carboxylic acids is 1. The topological polar surface area (TPSA) is 84.7 Å². The first kappa shape index (κ1) is 18.6. The predicted octanol–water partition coefficient (Wildman–Crippen LogP) is 2.80. The lowest BCUT2D eigenvalue weighted by molar-refractivity contribution is -0.116. The van der Waals surface area contributed by atoms with Gasteiger partial charge < -0.3 is 10.6 Å². The molecule has 0 aliphatic carbocycles. The van der Waals surface area contributed by atoms with Gasteiger partial charge in [-0.1, -0.05) is 30.3 Å². The second-order valence-corrected chi connectivity index (χ2v) is 6.64. The van der Waals surface area contributed by atoms with Crippen LogP contribution in [0.25, 0.3) is 0 Å². The van der Waals surface area contributed by atoms with Crippen LogP contribution in [0.1, 0.15) is 22.6 Å². The fourth-order valence-corrected chi connectivity index (χ4v) is 2.84. The van der Waals surface area contributed by atoms with Gasteiger partial charge in [0.15, 0.2) is 5.82 Å². The number of anilines is 2. The van der Waals surface area contributed by atoms with Gasteiger partial charge in [0, 0.05) is 36.6 Å². The molecule has 2 heterocycles. The van der Waals surface area contributed by atoms with Crippen LogP contribution in [0.2, 0.25) is 0 Å². The second kappa shape index (κ2) is 7.99. The van der Waals surface area contributed by atoms with Crippen LogP contribution in [-0.2, 0) is 18.3 Å². The van der Waals surface area contributed by atoms with Crippen molar-refractivity contribution in [2.24, 2.45) is 7.05 Å². The molecule has 140 valence electrons. The van der Waals surface area contributed by atoms with Crippen LogP contribution in [0, 0.1) is 20.8 Å². The molecule has 0 radical (unpaired) electrons. The Kier molecular flexibility index (Phi) is 5.49. The number of nitrogens with one attached hydrogen (secondary N) is 2. The molecule has 0 spiro atoms. The number of carbonyl (C=O) groups is 1. The molecule has 2 N–H and O–H groups in total. The maximum atomic E-state index is 12.9. The number of aromatic nitrogens is 4. The van der Waals surface area contributed by atoms with Crippen molar-refractivity contribution in [1.82, 2.24) is 19.7 Å². The Morgan fingerprint density at radius 2 is 1.74 bits per heavy atom. The highest BCUT2D eigenvalue weighted by molar-refractivity contribution is 5.95. The first-order valence-electron chi connectivity index (χ1n) is 8.85. The van der Waals surface area contributed by atoms with Gasteiger partial charge >= 0.3 is 0 Å². The molecule has 1 atom stereocenters. The lowest BCUT2D eigenvalue weighted by Crippen LogP contribution is -2.37. The van der Waals surface area contributed by atoms with Crippen LogP contribution in [-0.4, -0.2) is 31.7 Å². The minimum absolute atomic E-state index is 0.181. The Hall–Kier alpha value is -3.22. The number of aryl methyl sites for hydroxylation is 4. The van der Waals surface area contributed by atoms with Crippen molar-refractivity contribution in [3.8, 4) is 0 Å². The van der Waals surface area contributed by atoms with Crippen molar-refractivity contribution in [2.45, 2.75) is 33.2 Å². The van der Waals surface area contributed by atoms with Gasteiger partial charge in [-0.05, 0) is 32.4 Å². The SMILES string of the molecule is Cc1cc(C)nc(NC(Cc2ccccc2)C(=O)Nc2cc(C)n(C)n2)n1. The molecule has 7 nitrogen and oxygen atoms in total. The number of benzene rings is 1. The minimum atomic E-state index is -0.532.